The van der Waals surface area contributed by atoms with E-state index in [0.717, 1.165) is 16.3 Å². The van der Waals surface area contributed by atoms with Gasteiger partial charge in [0.25, 0.3) is 5.91 Å². The molecule has 2 unspecified atom stereocenters. The number of aromatic nitrogens is 2. The standard InChI is InChI=1S/C14H17N3O3S/c1-8-15-10(7-21-8)9-3-11(16(2)4-9)14(20)17-5-12(18)13(19)6-17/h3-4,7,12-13,18-19H,5-6H2,1-2H3. The highest BCUT2D eigenvalue weighted by Gasteiger charge is 2.33. The van der Waals surface area contributed by atoms with Gasteiger partial charge in [0, 0.05) is 37.3 Å². The fraction of sp³-hybridized carbons (Fsp3) is 0.429. The Hall–Kier alpha value is -1.70. The van der Waals surface area contributed by atoms with E-state index in [1.807, 2.05) is 18.5 Å². The van der Waals surface area contributed by atoms with Gasteiger partial charge in [-0.3, -0.25) is 4.79 Å². The van der Waals surface area contributed by atoms with Crippen LogP contribution in [0.1, 0.15) is 15.5 Å². The van der Waals surface area contributed by atoms with Crippen molar-refractivity contribution in [2.24, 2.45) is 7.05 Å². The topological polar surface area (TPSA) is 78.6 Å². The number of β-amino-alcohol motifs (C(OH)–C–C–N with tert-alkyl or cyclic N) is 2. The summed E-state index contributed by atoms with van der Waals surface area (Å²) in [7, 11) is 1.80. The molecule has 2 atom stereocenters. The van der Waals surface area contributed by atoms with E-state index in [9.17, 15) is 15.0 Å². The SMILES string of the molecule is Cc1nc(-c2cc(C(=O)N3CC(O)C(O)C3)n(C)c2)cs1. The average Bonchev–Trinajstić information content (AvgIpc) is 3.10. The Morgan fingerprint density at radius 2 is 2.05 bits per heavy atom. The largest absolute Gasteiger partial charge is 0.388 e. The van der Waals surface area contributed by atoms with Crippen molar-refractivity contribution in [3.8, 4) is 11.3 Å². The Labute approximate surface area is 126 Å². The summed E-state index contributed by atoms with van der Waals surface area (Å²) in [5, 5.41) is 22.1. The van der Waals surface area contributed by atoms with Gasteiger partial charge in [-0.25, -0.2) is 4.98 Å². The number of aliphatic hydroxyl groups excluding tert-OH is 2. The molecule has 1 fully saturated rings. The third-order valence-electron chi connectivity index (χ3n) is 3.69. The van der Waals surface area contributed by atoms with Crippen LogP contribution < -0.4 is 0 Å². The van der Waals surface area contributed by atoms with Gasteiger partial charge in [0.15, 0.2) is 0 Å². The minimum atomic E-state index is -0.866. The summed E-state index contributed by atoms with van der Waals surface area (Å²) in [6.07, 6.45) is 0.134. The van der Waals surface area contributed by atoms with E-state index >= 15 is 0 Å². The Morgan fingerprint density at radius 1 is 1.38 bits per heavy atom. The first-order chi connectivity index (χ1) is 9.95. The maximum atomic E-state index is 12.5. The number of hydrogen-bond acceptors (Lipinski definition) is 5. The predicted octanol–water partition coefficient (Wildman–Crippen LogP) is 0.635. The van der Waals surface area contributed by atoms with Crippen molar-refractivity contribution in [3.63, 3.8) is 0 Å². The maximum absolute atomic E-state index is 12.5. The monoisotopic (exact) mass is 307 g/mol. The molecule has 6 nitrogen and oxygen atoms in total. The van der Waals surface area contributed by atoms with Crippen LogP contribution in [0.4, 0.5) is 0 Å². The summed E-state index contributed by atoms with van der Waals surface area (Å²) in [5.74, 6) is -0.189. The van der Waals surface area contributed by atoms with Gasteiger partial charge in [-0.2, -0.15) is 0 Å². The smallest absolute Gasteiger partial charge is 0.270 e. The Balaban J connectivity index is 1.86. The molecule has 112 valence electrons. The van der Waals surface area contributed by atoms with E-state index in [-0.39, 0.29) is 19.0 Å². The highest BCUT2D eigenvalue weighted by atomic mass is 32.1. The number of aryl methyl sites for hydroxylation is 2. The van der Waals surface area contributed by atoms with Gasteiger partial charge in [-0.15, -0.1) is 11.3 Å². The molecule has 3 heterocycles. The molecule has 0 spiro atoms. The van der Waals surface area contributed by atoms with Gasteiger partial charge >= 0.3 is 0 Å². The quantitative estimate of drug-likeness (QED) is 0.853. The second kappa shape index (κ2) is 5.25. The van der Waals surface area contributed by atoms with Crippen molar-refractivity contribution >= 4 is 17.2 Å². The number of amides is 1. The Morgan fingerprint density at radius 3 is 2.62 bits per heavy atom. The lowest BCUT2D eigenvalue weighted by molar-refractivity contribution is 0.0572. The van der Waals surface area contributed by atoms with Crippen molar-refractivity contribution in [2.45, 2.75) is 19.1 Å². The van der Waals surface area contributed by atoms with Crippen molar-refractivity contribution in [3.05, 3.63) is 28.3 Å². The maximum Gasteiger partial charge on any atom is 0.270 e. The van der Waals surface area contributed by atoms with Crippen LogP contribution in [0.15, 0.2) is 17.6 Å². The van der Waals surface area contributed by atoms with Crippen molar-refractivity contribution in [1.29, 1.82) is 0 Å². The molecule has 2 N–H and O–H groups in total. The highest BCUT2D eigenvalue weighted by Crippen LogP contribution is 2.25. The molecule has 2 aromatic heterocycles. The number of thiazole rings is 1. The summed E-state index contributed by atoms with van der Waals surface area (Å²) in [6, 6.07) is 1.80. The minimum Gasteiger partial charge on any atom is -0.388 e. The van der Waals surface area contributed by atoms with Crippen LogP contribution >= 0.6 is 11.3 Å². The molecular weight excluding hydrogens is 290 g/mol. The van der Waals surface area contributed by atoms with Gasteiger partial charge in [0.05, 0.1) is 22.9 Å². The van der Waals surface area contributed by atoms with Crippen LogP contribution in [-0.4, -0.2) is 55.9 Å². The van der Waals surface area contributed by atoms with E-state index in [1.165, 1.54) is 4.90 Å². The first kappa shape index (κ1) is 14.2. The lowest BCUT2D eigenvalue weighted by Crippen LogP contribution is -2.31. The summed E-state index contributed by atoms with van der Waals surface area (Å²) in [6.45, 7) is 2.27. The van der Waals surface area contributed by atoms with Gasteiger partial charge in [0.1, 0.15) is 5.69 Å². The fourth-order valence-electron chi connectivity index (χ4n) is 2.51. The summed E-state index contributed by atoms with van der Waals surface area (Å²) < 4.78 is 1.75. The van der Waals surface area contributed by atoms with Crippen LogP contribution in [0.3, 0.4) is 0 Å². The molecule has 2 aromatic rings. The molecule has 1 aliphatic rings. The number of rotatable bonds is 2. The van der Waals surface area contributed by atoms with Crippen molar-refractivity contribution in [2.75, 3.05) is 13.1 Å². The predicted molar refractivity (Wildman–Crippen MR) is 79.2 cm³/mol. The third kappa shape index (κ3) is 2.59. The molecule has 0 aromatic carbocycles. The van der Waals surface area contributed by atoms with Gasteiger partial charge in [-0.05, 0) is 13.0 Å². The summed E-state index contributed by atoms with van der Waals surface area (Å²) in [4.78, 5) is 18.4. The van der Waals surface area contributed by atoms with Crippen LogP contribution in [0, 0.1) is 6.92 Å². The van der Waals surface area contributed by atoms with Crippen LogP contribution in [-0.2, 0) is 7.05 Å². The highest BCUT2D eigenvalue weighted by molar-refractivity contribution is 7.09. The molecule has 0 bridgehead atoms. The molecular formula is C14H17N3O3S. The number of likely N-dealkylation sites (tertiary alicyclic amines) is 1. The molecule has 21 heavy (non-hydrogen) atoms. The van der Waals surface area contributed by atoms with Crippen LogP contribution in [0.2, 0.25) is 0 Å². The average molecular weight is 307 g/mol. The molecule has 1 aliphatic heterocycles. The van der Waals surface area contributed by atoms with E-state index < -0.39 is 12.2 Å². The number of hydrogen-bond donors (Lipinski definition) is 2. The second-order valence-electron chi connectivity index (χ2n) is 5.32. The third-order valence-corrected chi connectivity index (χ3v) is 4.46. The zero-order chi connectivity index (χ0) is 15.1. The molecule has 0 aliphatic carbocycles. The van der Waals surface area contributed by atoms with Crippen LogP contribution in [0.5, 0.6) is 0 Å². The summed E-state index contributed by atoms with van der Waals surface area (Å²) in [5.41, 5.74) is 2.27. The molecule has 0 radical (unpaired) electrons. The van der Waals surface area contributed by atoms with Gasteiger partial charge in [-0.1, -0.05) is 0 Å². The number of nitrogens with zero attached hydrogens (tertiary/aromatic N) is 3. The first-order valence-electron chi connectivity index (χ1n) is 6.70. The Bertz CT molecular complexity index is 669. The summed E-state index contributed by atoms with van der Waals surface area (Å²) >= 11 is 1.57. The van der Waals surface area contributed by atoms with E-state index in [1.54, 1.807) is 29.0 Å². The van der Waals surface area contributed by atoms with E-state index in [0.29, 0.717) is 5.69 Å². The molecule has 0 saturated carbocycles. The zero-order valence-electron chi connectivity index (χ0n) is 11.9. The number of carbonyl (C=O) groups excluding carboxylic acids is 1. The van der Waals surface area contributed by atoms with Gasteiger partial charge < -0.3 is 19.7 Å². The minimum absolute atomic E-state index is 0.163. The second-order valence-corrected chi connectivity index (χ2v) is 6.38. The van der Waals surface area contributed by atoms with E-state index in [2.05, 4.69) is 4.98 Å². The number of carbonyl (C=O) groups is 1. The lowest BCUT2D eigenvalue weighted by Gasteiger charge is -2.15. The van der Waals surface area contributed by atoms with Crippen molar-refractivity contribution in [1.82, 2.24) is 14.5 Å². The fourth-order valence-corrected chi connectivity index (χ4v) is 3.13. The Kier molecular flexibility index (Phi) is 3.56. The lowest BCUT2D eigenvalue weighted by atomic mass is 10.2. The molecule has 1 amide bonds. The van der Waals surface area contributed by atoms with E-state index in [4.69, 9.17) is 0 Å². The first-order valence-corrected chi connectivity index (χ1v) is 7.58. The zero-order valence-corrected chi connectivity index (χ0v) is 12.7. The van der Waals surface area contributed by atoms with Crippen LogP contribution in [0.25, 0.3) is 11.3 Å². The van der Waals surface area contributed by atoms with Gasteiger partial charge in [0.2, 0.25) is 0 Å². The number of aliphatic hydroxyl groups is 2. The molecule has 7 heteroatoms. The normalized spacial score (nSPS) is 22.0. The molecule has 1 saturated heterocycles. The molecule has 3 rings (SSSR count). The van der Waals surface area contributed by atoms with Crippen molar-refractivity contribution < 1.29 is 15.0 Å².